The van der Waals surface area contributed by atoms with E-state index in [1.165, 1.54) is 18.2 Å². The van der Waals surface area contributed by atoms with Crippen LogP contribution < -0.4 is 16.4 Å². The standard InChI is InChI=1S/C14H18N4O4/c1-16-14(20)8-4-2-6-10(8)17-12-9(13(15)19)5-3-7-11(12)18(21)22/h3,5,7-8,10,17H,2,4,6H2,1H3,(H2,15,19)(H,16,20)/t8-,10+/m1/s1. The Labute approximate surface area is 127 Å². The minimum absolute atomic E-state index is 0.0526. The molecule has 0 saturated heterocycles. The van der Waals surface area contributed by atoms with Gasteiger partial charge in [0.1, 0.15) is 5.69 Å². The van der Waals surface area contributed by atoms with Gasteiger partial charge < -0.3 is 16.4 Å². The molecule has 1 fully saturated rings. The van der Waals surface area contributed by atoms with Gasteiger partial charge in [-0.05, 0) is 18.9 Å². The van der Waals surface area contributed by atoms with Gasteiger partial charge in [0.15, 0.2) is 0 Å². The lowest BCUT2D eigenvalue weighted by Crippen LogP contribution is -2.36. The minimum atomic E-state index is -0.749. The van der Waals surface area contributed by atoms with Crippen LogP contribution in [0.15, 0.2) is 18.2 Å². The number of amides is 2. The van der Waals surface area contributed by atoms with Crippen LogP contribution in [0.1, 0.15) is 29.6 Å². The first-order chi connectivity index (χ1) is 10.5. The fraction of sp³-hybridized carbons (Fsp3) is 0.429. The quantitative estimate of drug-likeness (QED) is 0.553. The highest BCUT2D eigenvalue weighted by atomic mass is 16.6. The van der Waals surface area contributed by atoms with Gasteiger partial charge in [0.05, 0.1) is 16.4 Å². The van der Waals surface area contributed by atoms with Crippen molar-refractivity contribution >= 4 is 23.2 Å². The number of benzene rings is 1. The third-order valence-electron chi connectivity index (χ3n) is 3.93. The zero-order valence-electron chi connectivity index (χ0n) is 12.2. The number of para-hydroxylation sites is 1. The van der Waals surface area contributed by atoms with E-state index in [2.05, 4.69) is 10.6 Å². The Morgan fingerprint density at radius 3 is 2.68 bits per heavy atom. The monoisotopic (exact) mass is 306 g/mol. The largest absolute Gasteiger partial charge is 0.375 e. The van der Waals surface area contributed by atoms with Gasteiger partial charge in [-0.2, -0.15) is 0 Å². The first kappa shape index (κ1) is 15.7. The van der Waals surface area contributed by atoms with E-state index in [4.69, 9.17) is 5.73 Å². The molecular formula is C14H18N4O4. The molecule has 4 N–H and O–H groups in total. The van der Waals surface area contributed by atoms with Gasteiger partial charge >= 0.3 is 0 Å². The Morgan fingerprint density at radius 1 is 1.36 bits per heavy atom. The van der Waals surface area contributed by atoms with E-state index in [9.17, 15) is 19.7 Å². The van der Waals surface area contributed by atoms with Crippen molar-refractivity contribution in [1.82, 2.24) is 5.32 Å². The maximum atomic E-state index is 11.9. The summed E-state index contributed by atoms with van der Waals surface area (Å²) in [4.78, 5) is 34.0. The van der Waals surface area contributed by atoms with Crippen molar-refractivity contribution in [2.75, 3.05) is 12.4 Å². The number of nitro groups is 1. The number of hydrogen-bond donors (Lipinski definition) is 3. The summed E-state index contributed by atoms with van der Waals surface area (Å²) in [6, 6.07) is 3.88. The summed E-state index contributed by atoms with van der Waals surface area (Å²) >= 11 is 0. The van der Waals surface area contributed by atoms with E-state index < -0.39 is 10.8 Å². The van der Waals surface area contributed by atoms with Crippen LogP contribution in [0.3, 0.4) is 0 Å². The molecule has 118 valence electrons. The first-order valence-corrected chi connectivity index (χ1v) is 7.01. The molecule has 2 atom stereocenters. The van der Waals surface area contributed by atoms with Crippen LogP contribution in [0.5, 0.6) is 0 Å². The third-order valence-corrected chi connectivity index (χ3v) is 3.93. The Kier molecular flexibility index (Phi) is 4.59. The van der Waals surface area contributed by atoms with Crippen LogP contribution in [-0.4, -0.2) is 29.8 Å². The number of anilines is 1. The lowest BCUT2D eigenvalue weighted by Gasteiger charge is -2.21. The number of primary amides is 1. The fourth-order valence-corrected chi connectivity index (χ4v) is 2.87. The van der Waals surface area contributed by atoms with Crippen LogP contribution in [0.4, 0.5) is 11.4 Å². The van der Waals surface area contributed by atoms with E-state index in [-0.39, 0.29) is 34.8 Å². The zero-order valence-corrected chi connectivity index (χ0v) is 12.2. The number of nitrogens with one attached hydrogen (secondary N) is 2. The average Bonchev–Trinajstić information content (AvgIpc) is 2.94. The van der Waals surface area contributed by atoms with Gasteiger partial charge in [-0.3, -0.25) is 19.7 Å². The van der Waals surface area contributed by atoms with Gasteiger partial charge in [0, 0.05) is 19.2 Å². The highest BCUT2D eigenvalue weighted by molar-refractivity contribution is 6.00. The highest BCUT2D eigenvalue weighted by Crippen LogP contribution is 2.34. The molecule has 8 nitrogen and oxygen atoms in total. The number of hydrogen-bond acceptors (Lipinski definition) is 5. The maximum absolute atomic E-state index is 11.9. The number of nitrogens with zero attached hydrogens (tertiary/aromatic N) is 1. The predicted octanol–water partition coefficient (Wildman–Crippen LogP) is 1.02. The Hall–Kier alpha value is -2.64. The summed E-state index contributed by atoms with van der Waals surface area (Å²) in [6.07, 6.45) is 2.23. The molecule has 1 saturated carbocycles. The zero-order chi connectivity index (χ0) is 16.3. The molecule has 0 spiro atoms. The number of rotatable bonds is 5. The highest BCUT2D eigenvalue weighted by Gasteiger charge is 2.34. The van der Waals surface area contributed by atoms with Crippen molar-refractivity contribution in [2.45, 2.75) is 25.3 Å². The second kappa shape index (κ2) is 6.42. The van der Waals surface area contributed by atoms with Crippen molar-refractivity contribution in [1.29, 1.82) is 0 Å². The van der Waals surface area contributed by atoms with Gasteiger partial charge in [-0.25, -0.2) is 0 Å². The summed E-state index contributed by atoms with van der Waals surface area (Å²) in [6.45, 7) is 0. The van der Waals surface area contributed by atoms with E-state index in [0.717, 1.165) is 6.42 Å². The lowest BCUT2D eigenvalue weighted by molar-refractivity contribution is -0.384. The molecule has 0 radical (unpaired) electrons. The lowest BCUT2D eigenvalue weighted by atomic mass is 10.0. The molecule has 8 heteroatoms. The molecule has 2 amide bonds. The van der Waals surface area contributed by atoms with Crippen LogP contribution in [0.25, 0.3) is 0 Å². The molecule has 0 aromatic heterocycles. The number of carbonyl (C=O) groups is 2. The molecule has 1 aromatic rings. The second-order valence-corrected chi connectivity index (χ2v) is 5.22. The summed E-state index contributed by atoms with van der Waals surface area (Å²) in [5.74, 6) is -1.15. The molecule has 22 heavy (non-hydrogen) atoms. The topological polar surface area (TPSA) is 127 Å². The van der Waals surface area contributed by atoms with Gasteiger partial charge in [0.2, 0.25) is 5.91 Å². The second-order valence-electron chi connectivity index (χ2n) is 5.22. The van der Waals surface area contributed by atoms with Crippen LogP contribution in [0, 0.1) is 16.0 Å². The van der Waals surface area contributed by atoms with Crippen molar-refractivity contribution in [2.24, 2.45) is 11.7 Å². The summed E-state index contributed by atoms with van der Waals surface area (Å²) < 4.78 is 0. The third kappa shape index (κ3) is 3.00. The van der Waals surface area contributed by atoms with E-state index in [0.29, 0.717) is 12.8 Å². The van der Waals surface area contributed by atoms with Crippen molar-refractivity contribution in [3.05, 3.63) is 33.9 Å². The smallest absolute Gasteiger partial charge is 0.293 e. The van der Waals surface area contributed by atoms with Crippen LogP contribution in [0.2, 0.25) is 0 Å². The van der Waals surface area contributed by atoms with Gasteiger partial charge in [-0.1, -0.05) is 12.5 Å². The number of nitrogens with two attached hydrogens (primary N) is 1. The summed E-state index contributed by atoms with van der Waals surface area (Å²) in [7, 11) is 1.55. The molecule has 0 aliphatic heterocycles. The molecule has 1 aliphatic rings. The predicted molar refractivity (Wildman–Crippen MR) is 80.4 cm³/mol. The minimum Gasteiger partial charge on any atom is -0.375 e. The molecular weight excluding hydrogens is 288 g/mol. The summed E-state index contributed by atoms with van der Waals surface area (Å²) in [5.41, 5.74) is 5.21. The molecule has 0 heterocycles. The van der Waals surface area contributed by atoms with Gasteiger partial charge in [0.25, 0.3) is 11.6 Å². The van der Waals surface area contributed by atoms with E-state index in [1.807, 2.05) is 0 Å². The normalized spacial score (nSPS) is 20.4. The van der Waals surface area contributed by atoms with Crippen LogP contribution in [-0.2, 0) is 4.79 Å². The van der Waals surface area contributed by atoms with E-state index >= 15 is 0 Å². The average molecular weight is 306 g/mol. The van der Waals surface area contributed by atoms with Crippen LogP contribution >= 0.6 is 0 Å². The van der Waals surface area contributed by atoms with Crippen molar-refractivity contribution in [3.8, 4) is 0 Å². The van der Waals surface area contributed by atoms with Gasteiger partial charge in [-0.15, -0.1) is 0 Å². The first-order valence-electron chi connectivity index (χ1n) is 7.01. The Morgan fingerprint density at radius 2 is 2.09 bits per heavy atom. The Bertz CT molecular complexity index is 585. The van der Waals surface area contributed by atoms with E-state index in [1.54, 1.807) is 7.05 Å². The SMILES string of the molecule is CNC(=O)[C@@H]1CCC[C@@H]1Nc1c(C(N)=O)cccc1[N+](=O)[O-]. The fourth-order valence-electron chi connectivity index (χ4n) is 2.87. The maximum Gasteiger partial charge on any atom is 0.293 e. The number of carbonyl (C=O) groups excluding carboxylic acids is 2. The molecule has 1 aromatic carbocycles. The molecule has 0 unspecified atom stereocenters. The summed E-state index contributed by atoms with van der Waals surface area (Å²) in [5, 5.41) is 16.8. The molecule has 0 bridgehead atoms. The Balaban J connectivity index is 2.37. The molecule has 1 aliphatic carbocycles. The molecule has 2 rings (SSSR count). The number of nitro benzene ring substituents is 1. The van der Waals surface area contributed by atoms with Crippen molar-refractivity contribution in [3.63, 3.8) is 0 Å². The van der Waals surface area contributed by atoms with Crippen molar-refractivity contribution < 1.29 is 14.5 Å².